The summed E-state index contributed by atoms with van der Waals surface area (Å²) in [4.78, 5) is 0. The van der Waals surface area contributed by atoms with E-state index >= 15 is 0 Å². The van der Waals surface area contributed by atoms with Gasteiger partial charge in [0.15, 0.2) is 0 Å². The summed E-state index contributed by atoms with van der Waals surface area (Å²) >= 11 is 5.90. The van der Waals surface area contributed by atoms with Gasteiger partial charge in [-0.1, -0.05) is 11.6 Å². The fourth-order valence-electron chi connectivity index (χ4n) is 2.18. The third kappa shape index (κ3) is 3.65. The molecule has 2 aromatic rings. The van der Waals surface area contributed by atoms with Crippen molar-refractivity contribution >= 4 is 11.6 Å². The summed E-state index contributed by atoms with van der Waals surface area (Å²) in [6, 6.07) is 9.38. The van der Waals surface area contributed by atoms with Gasteiger partial charge in [-0.25, -0.2) is 4.39 Å². The third-order valence-corrected chi connectivity index (χ3v) is 3.52. The summed E-state index contributed by atoms with van der Waals surface area (Å²) in [6.07, 6.45) is 0.315. The summed E-state index contributed by atoms with van der Waals surface area (Å²) in [5.74, 6) is 0.996. The van der Waals surface area contributed by atoms with Crippen LogP contribution in [0.15, 0.2) is 36.4 Å². The van der Waals surface area contributed by atoms with E-state index < -0.39 is 6.04 Å². The first-order valence-corrected chi connectivity index (χ1v) is 6.84. The van der Waals surface area contributed by atoms with Crippen molar-refractivity contribution in [3.05, 3.63) is 58.4 Å². The summed E-state index contributed by atoms with van der Waals surface area (Å²) in [7, 11) is 3.14. The fraction of sp³-hybridized carbons (Fsp3) is 0.250. The molecule has 0 saturated carbocycles. The van der Waals surface area contributed by atoms with Gasteiger partial charge in [-0.05, 0) is 48.4 Å². The highest BCUT2D eigenvalue weighted by molar-refractivity contribution is 6.30. The van der Waals surface area contributed by atoms with Gasteiger partial charge in [0.05, 0.1) is 14.2 Å². The van der Waals surface area contributed by atoms with Gasteiger partial charge < -0.3 is 15.2 Å². The first-order valence-electron chi connectivity index (χ1n) is 6.46. The molecule has 21 heavy (non-hydrogen) atoms. The Bertz CT molecular complexity index is 634. The van der Waals surface area contributed by atoms with Crippen LogP contribution in [0.3, 0.4) is 0 Å². The van der Waals surface area contributed by atoms with Gasteiger partial charge in [0.25, 0.3) is 0 Å². The monoisotopic (exact) mass is 309 g/mol. The minimum absolute atomic E-state index is 0.315. The van der Waals surface area contributed by atoms with Gasteiger partial charge in [-0.3, -0.25) is 0 Å². The molecule has 0 aliphatic rings. The van der Waals surface area contributed by atoms with Gasteiger partial charge >= 0.3 is 0 Å². The summed E-state index contributed by atoms with van der Waals surface area (Å²) < 4.78 is 24.3. The molecule has 1 atom stereocenters. The normalized spacial score (nSPS) is 12.0. The Morgan fingerprint density at radius 3 is 2.57 bits per heavy atom. The van der Waals surface area contributed by atoms with E-state index in [2.05, 4.69) is 0 Å². The number of nitrogens with two attached hydrogens (primary N) is 1. The Morgan fingerprint density at radius 2 is 1.90 bits per heavy atom. The Balaban J connectivity index is 2.31. The molecule has 0 saturated heterocycles. The Morgan fingerprint density at radius 1 is 1.14 bits per heavy atom. The lowest BCUT2D eigenvalue weighted by Crippen LogP contribution is -2.15. The molecule has 0 spiro atoms. The van der Waals surface area contributed by atoms with Crippen LogP contribution >= 0.6 is 11.6 Å². The van der Waals surface area contributed by atoms with Crippen LogP contribution in [0.1, 0.15) is 17.2 Å². The van der Waals surface area contributed by atoms with Gasteiger partial charge in [0.1, 0.15) is 17.3 Å². The highest BCUT2D eigenvalue weighted by Gasteiger charge is 2.16. The molecule has 0 heterocycles. The number of rotatable bonds is 5. The third-order valence-electron chi connectivity index (χ3n) is 3.28. The molecule has 2 rings (SSSR count). The van der Waals surface area contributed by atoms with Crippen LogP contribution in [0.2, 0.25) is 5.02 Å². The van der Waals surface area contributed by atoms with Crippen LogP contribution in [-0.4, -0.2) is 14.2 Å². The Hall–Kier alpha value is -1.78. The Labute approximate surface area is 128 Å². The minimum atomic E-state index is -0.428. The number of halogens is 2. The second-order valence-electron chi connectivity index (χ2n) is 4.65. The molecule has 0 bridgehead atoms. The summed E-state index contributed by atoms with van der Waals surface area (Å²) in [5.41, 5.74) is 7.43. The largest absolute Gasteiger partial charge is 0.497 e. The fourth-order valence-corrected chi connectivity index (χ4v) is 2.37. The average Bonchev–Trinajstić information content (AvgIpc) is 2.50. The van der Waals surface area contributed by atoms with E-state index in [0.29, 0.717) is 28.5 Å². The minimum Gasteiger partial charge on any atom is -0.497 e. The molecule has 2 N–H and O–H groups in total. The number of ether oxygens (including phenoxy) is 2. The van der Waals surface area contributed by atoms with Crippen molar-refractivity contribution in [1.29, 1.82) is 0 Å². The lowest BCUT2D eigenvalue weighted by Gasteiger charge is -2.17. The van der Waals surface area contributed by atoms with Crippen molar-refractivity contribution in [1.82, 2.24) is 0 Å². The predicted octanol–water partition coefficient (Wildman–Crippen LogP) is 3.74. The van der Waals surface area contributed by atoms with Crippen molar-refractivity contribution in [3.8, 4) is 11.5 Å². The van der Waals surface area contributed by atoms with E-state index in [1.165, 1.54) is 12.1 Å². The molecule has 0 fully saturated rings. The van der Waals surface area contributed by atoms with Crippen molar-refractivity contribution in [2.75, 3.05) is 14.2 Å². The zero-order valence-corrected chi connectivity index (χ0v) is 12.7. The van der Waals surface area contributed by atoms with Crippen LogP contribution in [0, 0.1) is 5.82 Å². The van der Waals surface area contributed by atoms with Crippen molar-refractivity contribution in [2.45, 2.75) is 12.5 Å². The number of hydrogen-bond donors (Lipinski definition) is 1. The molecule has 5 heteroatoms. The molecule has 0 radical (unpaired) electrons. The maximum atomic E-state index is 13.8. The summed E-state index contributed by atoms with van der Waals surface area (Å²) in [6.45, 7) is 0. The standard InChI is InChI=1S/C16H17ClFNO2/c1-20-12-4-6-16(21-2)13(9-12)15(19)8-10-7-11(17)3-5-14(10)18/h3-7,9,15H,8,19H2,1-2H3. The molecular formula is C16H17ClFNO2. The molecule has 0 amide bonds. The van der Waals surface area contributed by atoms with Crippen molar-refractivity contribution < 1.29 is 13.9 Å². The zero-order chi connectivity index (χ0) is 15.4. The highest BCUT2D eigenvalue weighted by atomic mass is 35.5. The molecule has 2 aromatic carbocycles. The molecule has 0 aliphatic heterocycles. The number of hydrogen-bond acceptors (Lipinski definition) is 3. The second-order valence-corrected chi connectivity index (χ2v) is 5.09. The van der Waals surface area contributed by atoms with Gasteiger partial charge in [0, 0.05) is 16.6 Å². The van der Waals surface area contributed by atoms with E-state index in [-0.39, 0.29) is 5.82 Å². The van der Waals surface area contributed by atoms with Gasteiger partial charge in [-0.2, -0.15) is 0 Å². The quantitative estimate of drug-likeness (QED) is 0.915. The van der Waals surface area contributed by atoms with Gasteiger partial charge in [0.2, 0.25) is 0 Å². The van der Waals surface area contributed by atoms with E-state index in [1.54, 1.807) is 38.5 Å². The van der Waals surface area contributed by atoms with Crippen molar-refractivity contribution in [2.24, 2.45) is 5.73 Å². The van der Waals surface area contributed by atoms with Crippen LogP contribution in [0.5, 0.6) is 11.5 Å². The van der Waals surface area contributed by atoms with Crippen LogP contribution < -0.4 is 15.2 Å². The van der Waals surface area contributed by atoms with Crippen molar-refractivity contribution in [3.63, 3.8) is 0 Å². The molecule has 1 unspecified atom stereocenters. The first kappa shape index (κ1) is 15.6. The second kappa shape index (κ2) is 6.78. The van der Waals surface area contributed by atoms with E-state index in [0.717, 1.165) is 5.56 Å². The SMILES string of the molecule is COc1ccc(OC)c(C(N)Cc2cc(Cl)ccc2F)c1. The summed E-state index contributed by atoms with van der Waals surface area (Å²) in [5, 5.41) is 0.483. The lowest BCUT2D eigenvalue weighted by molar-refractivity contribution is 0.395. The number of methoxy groups -OCH3 is 2. The number of benzene rings is 2. The van der Waals surface area contributed by atoms with Gasteiger partial charge in [-0.15, -0.1) is 0 Å². The van der Waals surface area contributed by atoms with E-state index in [4.69, 9.17) is 26.8 Å². The van der Waals surface area contributed by atoms with Crippen LogP contribution in [0.25, 0.3) is 0 Å². The Kier molecular flexibility index (Phi) is 5.04. The molecule has 3 nitrogen and oxygen atoms in total. The molecule has 112 valence electrons. The van der Waals surface area contributed by atoms with Crippen LogP contribution in [0.4, 0.5) is 4.39 Å². The molecule has 0 aliphatic carbocycles. The maximum Gasteiger partial charge on any atom is 0.126 e. The predicted molar refractivity (Wildman–Crippen MR) is 81.6 cm³/mol. The van der Waals surface area contributed by atoms with E-state index in [9.17, 15) is 4.39 Å². The topological polar surface area (TPSA) is 44.5 Å². The van der Waals surface area contributed by atoms with Crippen LogP contribution in [-0.2, 0) is 6.42 Å². The zero-order valence-electron chi connectivity index (χ0n) is 11.9. The van der Waals surface area contributed by atoms with E-state index in [1.807, 2.05) is 0 Å². The maximum absolute atomic E-state index is 13.8. The smallest absolute Gasteiger partial charge is 0.126 e. The lowest BCUT2D eigenvalue weighted by atomic mass is 9.98. The first-order chi connectivity index (χ1) is 10.0. The molecule has 0 aromatic heterocycles. The highest BCUT2D eigenvalue weighted by Crippen LogP contribution is 2.30. The molecular weight excluding hydrogens is 293 g/mol. The average molecular weight is 310 g/mol.